The highest BCUT2D eigenvalue weighted by Gasteiger charge is 2.41. The Bertz CT molecular complexity index is 655. The number of rotatable bonds is 0. The van der Waals surface area contributed by atoms with Crippen LogP contribution in [-0.2, 0) is 5.41 Å². The van der Waals surface area contributed by atoms with Crippen molar-refractivity contribution in [2.45, 2.75) is 32.3 Å². The summed E-state index contributed by atoms with van der Waals surface area (Å²) in [6.45, 7) is 6.10. The number of pyridine rings is 1. The zero-order valence-electron chi connectivity index (χ0n) is 10.2. The van der Waals surface area contributed by atoms with Crippen LogP contribution in [0.3, 0.4) is 0 Å². The summed E-state index contributed by atoms with van der Waals surface area (Å²) in [6, 6.07) is 7.55. The molecule has 1 aromatic heterocycles. The number of aromatic amines is 1. The Balaban J connectivity index is 2.44. The number of para-hydroxylation sites is 1. The number of ether oxygens (including phenoxy) is 1. The topological polar surface area (TPSA) is 42.1 Å². The summed E-state index contributed by atoms with van der Waals surface area (Å²) < 4.78 is 5.76. The molecule has 1 atom stereocenters. The minimum absolute atomic E-state index is 0.0123. The fraction of sp³-hybridized carbons (Fsp3) is 0.357. The van der Waals surface area contributed by atoms with Gasteiger partial charge in [0.25, 0.3) is 0 Å². The highest BCUT2D eigenvalue weighted by atomic mass is 16.5. The lowest BCUT2D eigenvalue weighted by molar-refractivity contribution is 0.181. The van der Waals surface area contributed by atoms with E-state index in [2.05, 4.69) is 4.98 Å². The SMILES string of the molecule is C[C@H]1Oc2[nH]c3ccccc3c(=O)c2C1(C)C. The second-order valence-electron chi connectivity index (χ2n) is 5.19. The third-order valence-corrected chi connectivity index (χ3v) is 3.83. The summed E-state index contributed by atoms with van der Waals surface area (Å²) >= 11 is 0. The average Bonchev–Trinajstić information content (AvgIpc) is 2.50. The summed E-state index contributed by atoms with van der Waals surface area (Å²) in [5.74, 6) is 0.631. The van der Waals surface area contributed by atoms with Crippen LogP contribution in [-0.4, -0.2) is 11.1 Å². The van der Waals surface area contributed by atoms with Crippen LogP contribution in [0, 0.1) is 0 Å². The Morgan fingerprint density at radius 3 is 2.76 bits per heavy atom. The molecule has 0 aliphatic carbocycles. The minimum Gasteiger partial charge on any atom is -0.475 e. The van der Waals surface area contributed by atoms with Gasteiger partial charge >= 0.3 is 0 Å². The lowest BCUT2D eigenvalue weighted by Gasteiger charge is -2.21. The van der Waals surface area contributed by atoms with Gasteiger partial charge in [-0.05, 0) is 19.1 Å². The van der Waals surface area contributed by atoms with Crippen molar-refractivity contribution in [3.63, 3.8) is 0 Å². The molecule has 2 aromatic rings. The zero-order chi connectivity index (χ0) is 12.2. The van der Waals surface area contributed by atoms with Gasteiger partial charge in [0.1, 0.15) is 6.10 Å². The van der Waals surface area contributed by atoms with Gasteiger partial charge in [0.2, 0.25) is 0 Å². The molecule has 0 unspecified atom stereocenters. The quantitative estimate of drug-likeness (QED) is 0.754. The molecule has 88 valence electrons. The van der Waals surface area contributed by atoms with E-state index in [-0.39, 0.29) is 16.9 Å². The van der Waals surface area contributed by atoms with Gasteiger partial charge in [-0.15, -0.1) is 0 Å². The van der Waals surface area contributed by atoms with Gasteiger partial charge in [0.05, 0.1) is 11.1 Å². The summed E-state index contributed by atoms with van der Waals surface area (Å²) in [5.41, 5.74) is 1.45. The van der Waals surface area contributed by atoms with Gasteiger partial charge in [-0.1, -0.05) is 26.0 Å². The second kappa shape index (κ2) is 3.13. The Morgan fingerprint density at radius 1 is 1.29 bits per heavy atom. The maximum Gasteiger partial charge on any atom is 0.199 e. The molecule has 1 aliphatic rings. The van der Waals surface area contributed by atoms with Crippen LogP contribution < -0.4 is 10.2 Å². The van der Waals surface area contributed by atoms with Crippen molar-refractivity contribution in [3.8, 4) is 5.88 Å². The highest BCUT2D eigenvalue weighted by Crippen LogP contribution is 2.39. The van der Waals surface area contributed by atoms with E-state index in [1.165, 1.54) is 0 Å². The lowest BCUT2D eigenvalue weighted by atomic mass is 9.82. The third kappa shape index (κ3) is 1.25. The van der Waals surface area contributed by atoms with Crippen LogP contribution in [0.2, 0.25) is 0 Å². The second-order valence-corrected chi connectivity index (χ2v) is 5.19. The first kappa shape index (κ1) is 10.4. The highest BCUT2D eigenvalue weighted by molar-refractivity contribution is 5.80. The summed E-state index contributed by atoms with van der Waals surface area (Å²) in [7, 11) is 0. The number of aromatic nitrogens is 1. The van der Waals surface area contributed by atoms with Crippen LogP contribution in [0.15, 0.2) is 29.1 Å². The van der Waals surface area contributed by atoms with Gasteiger partial charge < -0.3 is 9.72 Å². The van der Waals surface area contributed by atoms with E-state index in [0.29, 0.717) is 5.88 Å². The van der Waals surface area contributed by atoms with Crippen LogP contribution in [0.25, 0.3) is 10.9 Å². The molecular formula is C14H15NO2. The van der Waals surface area contributed by atoms with E-state index in [9.17, 15) is 4.79 Å². The molecule has 0 saturated heterocycles. The molecule has 0 amide bonds. The third-order valence-electron chi connectivity index (χ3n) is 3.83. The van der Waals surface area contributed by atoms with Gasteiger partial charge in [0, 0.05) is 10.8 Å². The molecule has 0 spiro atoms. The average molecular weight is 229 g/mol. The van der Waals surface area contributed by atoms with Crippen molar-refractivity contribution in [2.75, 3.05) is 0 Å². The predicted octanol–water partition coefficient (Wildman–Crippen LogP) is 2.59. The molecule has 1 N–H and O–H groups in total. The van der Waals surface area contributed by atoms with E-state index >= 15 is 0 Å². The van der Waals surface area contributed by atoms with Crippen molar-refractivity contribution in [2.24, 2.45) is 0 Å². The van der Waals surface area contributed by atoms with Gasteiger partial charge in [-0.2, -0.15) is 0 Å². The molecule has 3 nitrogen and oxygen atoms in total. The van der Waals surface area contributed by atoms with Gasteiger partial charge in [-0.3, -0.25) is 4.79 Å². The molecule has 2 heterocycles. The van der Waals surface area contributed by atoms with E-state index in [4.69, 9.17) is 4.74 Å². The normalized spacial score (nSPS) is 21.2. The van der Waals surface area contributed by atoms with E-state index in [0.717, 1.165) is 16.5 Å². The van der Waals surface area contributed by atoms with E-state index in [1.54, 1.807) is 0 Å². The Labute approximate surface area is 99.4 Å². The van der Waals surface area contributed by atoms with Crippen molar-refractivity contribution in [3.05, 3.63) is 40.1 Å². The van der Waals surface area contributed by atoms with Crippen LogP contribution in [0.5, 0.6) is 5.88 Å². The number of fused-ring (bicyclic) bond motifs is 2. The zero-order valence-corrected chi connectivity index (χ0v) is 10.2. The molecule has 0 fully saturated rings. The molecule has 0 saturated carbocycles. The molecule has 0 bridgehead atoms. The largest absolute Gasteiger partial charge is 0.475 e. The smallest absolute Gasteiger partial charge is 0.199 e. The first-order chi connectivity index (χ1) is 8.01. The first-order valence-electron chi connectivity index (χ1n) is 5.84. The van der Waals surface area contributed by atoms with E-state index in [1.807, 2.05) is 45.0 Å². The molecular weight excluding hydrogens is 214 g/mol. The molecule has 1 aliphatic heterocycles. The summed E-state index contributed by atoms with van der Waals surface area (Å²) in [6.07, 6.45) is 0.0123. The standard InChI is InChI=1S/C14H15NO2/c1-8-14(2,3)11-12(16)9-6-4-5-7-10(9)15-13(11)17-8/h4-8H,1-3H3,(H,15,16)/t8-/m1/s1. The Kier molecular flexibility index (Phi) is 1.91. The number of H-pyrrole nitrogens is 1. The molecule has 0 radical (unpaired) electrons. The fourth-order valence-corrected chi connectivity index (χ4v) is 2.41. The van der Waals surface area contributed by atoms with Crippen LogP contribution in [0.1, 0.15) is 26.3 Å². The first-order valence-corrected chi connectivity index (χ1v) is 5.84. The fourth-order valence-electron chi connectivity index (χ4n) is 2.41. The Hall–Kier alpha value is -1.77. The molecule has 3 heteroatoms. The Morgan fingerprint density at radius 2 is 2.00 bits per heavy atom. The van der Waals surface area contributed by atoms with Crippen LogP contribution >= 0.6 is 0 Å². The number of hydrogen-bond acceptors (Lipinski definition) is 2. The maximum absolute atomic E-state index is 12.5. The molecule has 17 heavy (non-hydrogen) atoms. The van der Waals surface area contributed by atoms with Crippen molar-refractivity contribution in [1.29, 1.82) is 0 Å². The van der Waals surface area contributed by atoms with Crippen LogP contribution in [0.4, 0.5) is 0 Å². The lowest BCUT2D eigenvalue weighted by Crippen LogP contribution is -2.32. The summed E-state index contributed by atoms with van der Waals surface area (Å²) in [5, 5.41) is 0.733. The molecule has 1 aromatic carbocycles. The van der Waals surface area contributed by atoms with Crippen molar-refractivity contribution >= 4 is 10.9 Å². The summed E-state index contributed by atoms with van der Waals surface area (Å²) in [4.78, 5) is 15.7. The number of benzene rings is 1. The van der Waals surface area contributed by atoms with Crippen molar-refractivity contribution in [1.82, 2.24) is 4.98 Å². The monoisotopic (exact) mass is 229 g/mol. The molecule has 3 rings (SSSR count). The number of nitrogens with one attached hydrogen (secondary N) is 1. The van der Waals surface area contributed by atoms with Gasteiger partial charge in [0.15, 0.2) is 11.3 Å². The van der Waals surface area contributed by atoms with E-state index < -0.39 is 0 Å². The van der Waals surface area contributed by atoms with Crippen molar-refractivity contribution < 1.29 is 4.74 Å². The van der Waals surface area contributed by atoms with Gasteiger partial charge in [-0.25, -0.2) is 0 Å². The number of hydrogen-bond donors (Lipinski definition) is 1. The minimum atomic E-state index is -0.243. The predicted molar refractivity (Wildman–Crippen MR) is 67.7 cm³/mol. The maximum atomic E-state index is 12.5.